The van der Waals surface area contributed by atoms with Crippen LogP contribution >= 0.6 is 0 Å². The van der Waals surface area contributed by atoms with E-state index >= 15 is 0 Å². The van der Waals surface area contributed by atoms with Gasteiger partial charge in [0.1, 0.15) is 11.2 Å². The molecule has 1 amide bonds. The normalized spacial score (nSPS) is 14.4. The highest BCUT2D eigenvalue weighted by Crippen LogP contribution is 2.59. The molecule has 198 valence electrons. The monoisotopic (exact) mass is 530 g/mol. The molecule has 0 spiro atoms. The van der Waals surface area contributed by atoms with Gasteiger partial charge in [-0.15, -0.1) is 0 Å². The number of anilines is 1. The number of amides is 1. The fraction of sp³-hybridized carbons (Fsp3) is 0.308. The van der Waals surface area contributed by atoms with Crippen LogP contribution in [0.3, 0.4) is 0 Å². The van der Waals surface area contributed by atoms with Crippen molar-refractivity contribution >= 4 is 22.8 Å². The Hall–Kier alpha value is -4.22. The predicted molar refractivity (Wildman–Crippen MR) is 128 cm³/mol. The van der Waals surface area contributed by atoms with E-state index in [0.717, 1.165) is 6.07 Å². The molecule has 1 N–H and O–H groups in total. The fourth-order valence-corrected chi connectivity index (χ4v) is 4.15. The lowest BCUT2D eigenvalue weighted by Crippen LogP contribution is -2.28. The number of benzene rings is 2. The molecule has 4 aromatic rings. The topological polar surface area (TPSA) is 99.4 Å². The summed E-state index contributed by atoms with van der Waals surface area (Å²) in [5, 5.41) is 5.87. The summed E-state index contributed by atoms with van der Waals surface area (Å²) in [7, 11) is 1.51. The number of nitrogens with zero attached hydrogens (tertiary/aromatic N) is 3. The lowest BCUT2D eigenvalue weighted by Gasteiger charge is -2.14. The van der Waals surface area contributed by atoms with Gasteiger partial charge in [0.2, 0.25) is 5.91 Å². The van der Waals surface area contributed by atoms with Gasteiger partial charge in [0, 0.05) is 23.8 Å². The average molecular weight is 530 g/mol. The van der Waals surface area contributed by atoms with Crippen LogP contribution < -0.4 is 14.8 Å². The molecule has 2 aromatic carbocycles. The van der Waals surface area contributed by atoms with Gasteiger partial charge in [-0.25, -0.2) is 9.37 Å². The van der Waals surface area contributed by atoms with Crippen LogP contribution in [0.1, 0.15) is 31.1 Å². The summed E-state index contributed by atoms with van der Waals surface area (Å²) < 4.78 is 70.4. The highest BCUT2D eigenvalue weighted by atomic mass is 19.4. The van der Waals surface area contributed by atoms with Crippen molar-refractivity contribution in [2.75, 3.05) is 19.0 Å². The van der Waals surface area contributed by atoms with Crippen molar-refractivity contribution in [2.24, 2.45) is 0 Å². The lowest BCUT2D eigenvalue weighted by atomic mass is 10.0. The van der Waals surface area contributed by atoms with Gasteiger partial charge in [-0.2, -0.15) is 13.2 Å². The molecule has 12 heteroatoms. The van der Waals surface area contributed by atoms with Gasteiger partial charge >= 0.3 is 6.18 Å². The number of hydrogen-bond acceptors (Lipinski definition) is 7. The minimum Gasteiger partial charge on any atom is -0.493 e. The third kappa shape index (κ3) is 4.73. The summed E-state index contributed by atoms with van der Waals surface area (Å²) in [6.45, 7) is 2.31. The van der Waals surface area contributed by atoms with E-state index in [9.17, 15) is 22.4 Å². The Balaban J connectivity index is 1.30. The number of rotatable bonds is 8. The molecule has 1 fully saturated rings. The van der Waals surface area contributed by atoms with Gasteiger partial charge in [-0.05, 0) is 31.4 Å². The second-order valence-corrected chi connectivity index (χ2v) is 8.87. The molecule has 0 radical (unpaired) electrons. The van der Waals surface area contributed by atoms with E-state index in [1.165, 1.54) is 25.4 Å². The SMILES string of the molecule is CCOc1cc2ncc(-c3ccc(CC(=O)Nc4cc(C5(C(F)(F)F)CC5)on4)c(F)c3)nc2cc1OC. The standard InChI is InChI=1S/C26H22F4N4O4/c1-3-37-21-10-17-18(11-20(21)36-2)32-19(13-31-17)15-5-4-14(16(27)8-15)9-24(35)33-23-12-22(38-34-23)25(6-7-25)26(28,29)30/h4-5,8,10-13H,3,6-7,9H2,1-2H3,(H,33,34,35). The summed E-state index contributed by atoms with van der Waals surface area (Å²) in [6.07, 6.45) is -3.52. The van der Waals surface area contributed by atoms with E-state index in [1.54, 1.807) is 18.2 Å². The molecule has 0 saturated heterocycles. The van der Waals surface area contributed by atoms with Crippen LogP contribution in [-0.2, 0) is 16.6 Å². The Kier molecular flexibility index (Phi) is 6.41. The summed E-state index contributed by atoms with van der Waals surface area (Å²) in [6, 6.07) is 8.72. The third-order valence-corrected chi connectivity index (χ3v) is 6.37. The van der Waals surface area contributed by atoms with Crippen molar-refractivity contribution in [3.8, 4) is 22.8 Å². The number of halogens is 4. The molecule has 0 unspecified atom stereocenters. The predicted octanol–water partition coefficient (Wildman–Crippen LogP) is 5.61. The molecule has 8 nitrogen and oxygen atoms in total. The molecule has 0 aliphatic heterocycles. The second kappa shape index (κ2) is 9.58. The molecule has 1 saturated carbocycles. The highest BCUT2D eigenvalue weighted by Gasteiger charge is 2.66. The fourth-order valence-electron chi connectivity index (χ4n) is 4.15. The minimum atomic E-state index is -4.47. The molecular weight excluding hydrogens is 508 g/mol. The van der Waals surface area contributed by atoms with Crippen molar-refractivity contribution in [1.82, 2.24) is 15.1 Å². The number of hydrogen-bond donors (Lipinski definition) is 1. The van der Waals surface area contributed by atoms with Crippen LogP contribution in [0.2, 0.25) is 0 Å². The average Bonchev–Trinajstić information content (AvgIpc) is 3.58. The summed E-state index contributed by atoms with van der Waals surface area (Å²) in [5.41, 5.74) is -0.0133. The Morgan fingerprint density at radius 3 is 2.55 bits per heavy atom. The Morgan fingerprint density at radius 1 is 1.13 bits per heavy atom. The van der Waals surface area contributed by atoms with Gasteiger partial charge in [0.05, 0.1) is 43.1 Å². The summed E-state index contributed by atoms with van der Waals surface area (Å²) in [4.78, 5) is 21.4. The first-order valence-corrected chi connectivity index (χ1v) is 11.7. The number of nitrogens with one attached hydrogen (secondary N) is 1. The first-order chi connectivity index (χ1) is 18.1. The van der Waals surface area contributed by atoms with E-state index < -0.39 is 23.3 Å². The van der Waals surface area contributed by atoms with Crippen LogP contribution in [0, 0.1) is 5.82 Å². The van der Waals surface area contributed by atoms with Crippen molar-refractivity contribution < 1.29 is 36.4 Å². The number of carbonyl (C=O) groups is 1. The first kappa shape index (κ1) is 25.4. The lowest BCUT2D eigenvalue weighted by molar-refractivity contribution is -0.165. The van der Waals surface area contributed by atoms with Gasteiger partial charge in [0.25, 0.3) is 0 Å². The van der Waals surface area contributed by atoms with E-state index in [2.05, 4.69) is 20.4 Å². The molecule has 1 aliphatic carbocycles. The van der Waals surface area contributed by atoms with E-state index in [4.69, 9.17) is 14.0 Å². The van der Waals surface area contributed by atoms with Gasteiger partial charge in [0.15, 0.2) is 23.1 Å². The first-order valence-electron chi connectivity index (χ1n) is 11.7. The molecular formula is C26H22F4N4O4. The molecule has 0 atom stereocenters. The van der Waals surface area contributed by atoms with E-state index in [1.807, 2.05) is 6.92 Å². The van der Waals surface area contributed by atoms with Gasteiger partial charge in [-0.3, -0.25) is 9.78 Å². The molecule has 5 rings (SSSR count). The van der Waals surface area contributed by atoms with Crippen LogP contribution in [0.5, 0.6) is 11.5 Å². The molecule has 38 heavy (non-hydrogen) atoms. The number of alkyl halides is 3. The van der Waals surface area contributed by atoms with Crippen LogP contribution in [-0.4, -0.2) is 40.9 Å². The summed E-state index contributed by atoms with van der Waals surface area (Å²) >= 11 is 0. The van der Waals surface area contributed by atoms with Crippen molar-refractivity contribution in [2.45, 2.75) is 37.8 Å². The quantitative estimate of drug-likeness (QED) is 0.296. The molecule has 0 bridgehead atoms. The number of methoxy groups -OCH3 is 1. The number of aromatic nitrogens is 3. The zero-order valence-corrected chi connectivity index (χ0v) is 20.4. The third-order valence-electron chi connectivity index (χ3n) is 6.37. The van der Waals surface area contributed by atoms with E-state index in [0.29, 0.717) is 40.4 Å². The maximum absolute atomic E-state index is 14.9. The molecule has 2 heterocycles. The van der Waals surface area contributed by atoms with E-state index in [-0.39, 0.29) is 36.4 Å². The van der Waals surface area contributed by atoms with Crippen LogP contribution in [0.25, 0.3) is 22.3 Å². The van der Waals surface area contributed by atoms with Gasteiger partial charge in [-0.1, -0.05) is 17.3 Å². The smallest absolute Gasteiger partial charge is 0.401 e. The minimum absolute atomic E-state index is 0.0840. The molecule has 1 aliphatic rings. The maximum Gasteiger partial charge on any atom is 0.401 e. The Bertz CT molecular complexity index is 1520. The highest BCUT2D eigenvalue weighted by molar-refractivity contribution is 5.91. The van der Waals surface area contributed by atoms with Crippen LogP contribution in [0.4, 0.5) is 23.4 Å². The van der Waals surface area contributed by atoms with Gasteiger partial charge < -0.3 is 19.3 Å². The second-order valence-electron chi connectivity index (χ2n) is 8.87. The Labute approximate surface area is 214 Å². The molecule has 2 aromatic heterocycles. The number of fused-ring (bicyclic) bond motifs is 1. The number of carbonyl (C=O) groups excluding carboxylic acids is 1. The van der Waals surface area contributed by atoms with Crippen molar-refractivity contribution in [1.29, 1.82) is 0 Å². The Morgan fingerprint density at radius 2 is 1.89 bits per heavy atom. The van der Waals surface area contributed by atoms with Crippen molar-refractivity contribution in [3.05, 3.63) is 59.7 Å². The van der Waals surface area contributed by atoms with Crippen molar-refractivity contribution in [3.63, 3.8) is 0 Å². The maximum atomic E-state index is 14.9. The largest absolute Gasteiger partial charge is 0.493 e. The zero-order valence-electron chi connectivity index (χ0n) is 20.4. The van der Waals surface area contributed by atoms with Crippen LogP contribution in [0.15, 0.2) is 47.1 Å². The summed E-state index contributed by atoms with van der Waals surface area (Å²) in [5.74, 6) is -0.795. The number of ether oxygens (including phenoxy) is 2. The zero-order chi connectivity index (χ0) is 27.1.